The Bertz CT molecular complexity index is 629. The van der Waals surface area contributed by atoms with Gasteiger partial charge in [-0.1, -0.05) is 11.6 Å². The highest BCUT2D eigenvalue weighted by atomic mass is 35.5. The third-order valence-electron chi connectivity index (χ3n) is 3.88. The maximum Gasteiger partial charge on any atom is 0.152 e. The maximum absolute atomic E-state index is 11.7. The molecule has 1 saturated carbocycles. The molecule has 0 spiro atoms. The van der Waals surface area contributed by atoms with Crippen LogP contribution in [0.2, 0.25) is 5.15 Å². The molecule has 1 aliphatic carbocycles. The van der Waals surface area contributed by atoms with E-state index >= 15 is 0 Å². The fourth-order valence-corrected chi connectivity index (χ4v) is 3.92. The molecular formula is C13H18ClN3O2S. The highest BCUT2D eigenvalue weighted by Gasteiger charge is 2.29. The molecule has 1 saturated heterocycles. The van der Waals surface area contributed by atoms with Crippen molar-refractivity contribution >= 4 is 27.3 Å². The van der Waals surface area contributed by atoms with Crippen molar-refractivity contribution in [3.05, 3.63) is 16.5 Å². The first-order valence-electron chi connectivity index (χ1n) is 6.96. The molecular weight excluding hydrogens is 298 g/mol. The van der Waals surface area contributed by atoms with Crippen LogP contribution in [-0.4, -0.2) is 43.0 Å². The molecule has 1 aliphatic heterocycles. The standard InChI is InChI=1S/C13H18ClN3O2S/c1-9-11(14)15-12(10-3-4-10)16-13(9)17-5-2-7-20(18,19)8-6-17/h10H,2-8H2,1H3. The third kappa shape index (κ3) is 2.91. The van der Waals surface area contributed by atoms with E-state index in [2.05, 4.69) is 9.97 Å². The number of halogens is 1. The van der Waals surface area contributed by atoms with E-state index in [1.807, 2.05) is 11.8 Å². The van der Waals surface area contributed by atoms with Crippen molar-refractivity contribution in [3.8, 4) is 0 Å². The first kappa shape index (κ1) is 14.1. The van der Waals surface area contributed by atoms with Crippen LogP contribution in [0.1, 0.15) is 36.6 Å². The van der Waals surface area contributed by atoms with E-state index < -0.39 is 9.84 Å². The average Bonchev–Trinajstić information content (AvgIpc) is 3.20. The lowest BCUT2D eigenvalue weighted by Crippen LogP contribution is -2.29. The maximum atomic E-state index is 11.7. The second-order valence-electron chi connectivity index (χ2n) is 5.59. The van der Waals surface area contributed by atoms with E-state index in [0.717, 1.165) is 30.0 Å². The Morgan fingerprint density at radius 3 is 2.65 bits per heavy atom. The lowest BCUT2D eigenvalue weighted by molar-refractivity contribution is 0.597. The highest BCUT2D eigenvalue weighted by Crippen LogP contribution is 2.40. The van der Waals surface area contributed by atoms with Crippen LogP contribution in [0.3, 0.4) is 0 Å². The van der Waals surface area contributed by atoms with Crippen LogP contribution >= 0.6 is 11.6 Å². The monoisotopic (exact) mass is 315 g/mol. The SMILES string of the molecule is Cc1c(Cl)nc(C2CC2)nc1N1CCCS(=O)(=O)CC1. The molecule has 2 fully saturated rings. The van der Waals surface area contributed by atoms with Crippen molar-refractivity contribution in [2.75, 3.05) is 29.5 Å². The van der Waals surface area contributed by atoms with E-state index in [1.54, 1.807) is 0 Å². The van der Waals surface area contributed by atoms with Gasteiger partial charge in [0.25, 0.3) is 0 Å². The van der Waals surface area contributed by atoms with Gasteiger partial charge in [-0.15, -0.1) is 0 Å². The summed E-state index contributed by atoms with van der Waals surface area (Å²) in [5, 5.41) is 0.490. The summed E-state index contributed by atoms with van der Waals surface area (Å²) in [6, 6.07) is 0. The second kappa shape index (κ2) is 5.15. The van der Waals surface area contributed by atoms with Crippen LogP contribution < -0.4 is 4.90 Å². The topological polar surface area (TPSA) is 63.2 Å². The van der Waals surface area contributed by atoms with Crippen molar-refractivity contribution in [1.29, 1.82) is 0 Å². The zero-order valence-corrected chi connectivity index (χ0v) is 13.0. The van der Waals surface area contributed by atoms with E-state index in [-0.39, 0.29) is 11.5 Å². The van der Waals surface area contributed by atoms with Gasteiger partial charge in [0, 0.05) is 24.6 Å². The summed E-state index contributed by atoms with van der Waals surface area (Å²) in [7, 11) is -2.92. The van der Waals surface area contributed by atoms with Gasteiger partial charge in [-0.3, -0.25) is 0 Å². The fourth-order valence-electron chi connectivity index (χ4n) is 2.48. The van der Waals surface area contributed by atoms with Crippen LogP contribution in [-0.2, 0) is 9.84 Å². The first-order valence-corrected chi connectivity index (χ1v) is 9.15. The Labute approximate surface area is 124 Å². The average molecular weight is 316 g/mol. The fraction of sp³-hybridized carbons (Fsp3) is 0.692. The molecule has 0 bridgehead atoms. The minimum atomic E-state index is -2.92. The predicted molar refractivity (Wildman–Crippen MR) is 79.2 cm³/mol. The van der Waals surface area contributed by atoms with Gasteiger partial charge >= 0.3 is 0 Å². The summed E-state index contributed by atoms with van der Waals surface area (Å²) in [6.07, 6.45) is 2.88. The largest absolute Gasteiger partial charge is 0.355 e. The molecule has 0 aromatic carbocycles. The van der Waals surface area contributed by atoms with Crippen LogP contribution in [0.25, 0.3) is 0 Å². The molecule has 2 aliphatic rings. The van der Waals surface area contributed by atoms with E-state index in [9.17, 15) is 8.42 Å². The zero-order chi connectivity index (χ0) is 14.3. The normalized spacial score (nSPS) is 22.6. The van der Waals surface area contributed by atoms with Gasteiger partial charge in [0.2, 0.25) is 0 Å². The van der Waals surface area contributed by atoms with Gasteiger partial charge in [0.05, 0.1) is 11.5 Å². The summed E-state index contributed by atoms with van der Waals surface area (Å²) in [6.45, 7) is 3.09. The molecule has 7 heteroatoms. The van der Waals surface area contributed by atoms with Crippen molar-refractivity contribution in [2.45, 2.75) is 32.1 Å². The molecule has 20 heavy (non-hydrogen) atoms. The Morgan fingerprint density at radius 1 is 1.20 bits per heavy atom. The molecule has 2 heterocycles. The molecule has 1 aromatic heterocycles. The van der Waals surface area contributed by atoms with Crippen LogP contribution in [0.5, 0.6) is 0 Å². The molecule has 0 unspecified atom stereocenters. The number of aromatic nitrogens is 2. The van der Waals surface area contributed by atoms with Gasteiger partial charge in [0.15, 0.2) is 9.84 Å². The number of rotatable bonds is 2. The van der Waals surface area contributed by atoms with Crippen LogP contribution in [0, 0.1) is 6.92 Å². The Kier molecular flexibility index (Phi) is 3.62. The number of anilines is 1. The summed E-state index contributed by atoms with van der Waals surface area (Å²) in [5.74, 6) is 2.50. The predicted octanol–water partition coefficient (Wildman–Crippen LogP) is 1.94. The Hall–Kier alpha value is -0.880. The summed E-state index contributed by atoms with van der Waals surface area (Å²) >= 11 is 6.21. The molecule has 0 radical (unpaired) electrons. The molecule has 1 aromatic rings. The number of hydrogen-bond donors (Lipinski definition) is 0. The smallest absolute Gasteiger partial charge is 0.152 e. The van der Waals surface area contributed by atoms with E-state index in [0.29, 0.717) is 30.6 Å². The highest BCUT2D eigenvalue weighted by molar-refractivity contribution is 7.91. The molecule has 0 amide bonds. The van der Waals surface area contributed by atoms with Crippen molar-refractivity contribution < 1.29 is 8.42 Å². The second-order valence-corrected chi connectivity index (χ2v) is 8.25. The third-order valence-corrected chi connectivity index (χ3v) is 5.96. The molecule has 5 nitrogen and oxygen atoms in total. The van der Waals surface area contributed by atoms with Gasteiger partial charge in [-0.2, -0.15) is 0 Å². The Morgan fingerprint density at radius 2 is 1.95 bits per heavy atom. The zero-order valence-electron chi connectivity index (χ0n) is 11.5. The van der Waals surface area contributed by atoms with Crippen molar-refractivity contribution in [2.24, 2.45) is 0 Å². The van der Waals surface area contributed by atoms with Gasteiger partial charge in [-0.05, 0) is 26.2 Å². The molecule has 0 N–H and O–H groups in total. The molecule has 110 valence electrons. The van der Waals surface area contributed by atoms with Crippen molar-refractivity contribution in [1.82, 2.24) is 9.97 Å². The quantitative estimate of drug-likeness (QED) is 0.780. The lowest BCUT2D eigenvalue weighted by atomic mass is 10.2. The summed E-state index contributed by atoms with van der Waals surface area (Å²) in [4.78, 5) is 11.0. The Balaban J connectivity index is 1.92. The minimum Gasteiger partial charge on any atom is -0.355 e. The van der Waals surface area contributed by atoms with Crippen LogP contribution in [0.15, 0.2) is 0 Å². The first-order chi connectivity index (χ1) is 9.46. The lowest BCUT2D eigenvalue weighted by Gasteiger charge is -2.23. The van der Waals surface area contributed by atoms with E-state index in [1.165, 1.54) is 0 Å². The van der Waals surface area contributed by atoms with Gasteiger partial charge < -0.3 is 4.90 Å². The van der Waals surface area contributed by atoms with Crippen molar-refractivity contribution in [3.63, 3.8) is 0 Å². The minimum absolute atomic E-state index is 0.187. The molecule has 3 rings (SSSR count). The van der Waals surface area contributed by atoms with Crippen LogP contribution in [0.4, 0.5) is 5.82 Å². The summed E-state index contributed by atoms with van der Waals surface area (Å²) < 4.78 is 23.4. The number of hydrogen-bond acceptors (Lipinski definition) is 5. The van der Waals surface area contributed by atoms with E-state index in [4.69, 9.17) is 11.6 Å². The number of nitrogens with zero attached hydrogens (tertiary/aromatic N) is 3. The summed E-state index contributed by atoms with van der Waals surface area (Å²) in [5.41, 5.74) is 0.843. The number of sulfone groups is 1. The van der Waals surface area contributed by atoms with Gasteiger partial charge in [-0.25, -0.2) is 18.4 Å². The van der Waals surface area contributed by atoms with Gasteiger partial charge in [0.1, 0.15) is 16.8 Å². The molecule has 0 atom stereocenters.